The highest BCUT2D eigenvalue weighted by Gasteiger charge is 2.46. The van der Waals surface area contributed by atoms with Crippen molar-refractivity contribution in [3.05, 3.63) is 29.3 Å². The maximum Gasteiger partial charge on any atom is 0.408 e. The number of nitrogens with one attached hydrogen (secondary N) is 2. The van der Waals surface area contributed by atoms with Crippen LogP contribution in [0.4, 0.5) is 13.2 Å². The van der Waals surface area contributed by atoms with Crippen LogP contribution in [-0.4, -0.2) is 29.8 Å². The Morgan fingerprint density at radius 1 is 1.28 bits per heavy atom. The summed E-state index contributed by atoms with van der Waals surface area (Å²) in [5.41, 5.74) is 2.13. The van der Waals surface area contributed by atoms with E-state index in [2.05, 4.69) is 11.4 Å². The lowest BCUT2D eigenvalue weighted by atomic mass is 9.92. The predicted molar refractivity (Wildman–Crippen MR) is 88.1 cm³/mol. The molecule has 3 atom stereocenters. The molecule has 2 amide bonds. The molecular formula is C17H19F3N2O2S. The van der Waals surface area contributed by atoms with E-state index in [0.717, 1.165) is 28.2 Å². The summed E-state index contributed by atoms with van der Waals surface area (Å²) >= 11 is 1.72. The van der Waals surface area contributed by atoms with E-state index in [1.54, 1.807) is 11.8 Å². The van der Waals surface area contributed by atoms with Crippen molar-refractivity contribution in [3.8, 4) is 0 Å². The average molecular weight is 372 g/mol. The summed E-state index contributed by atoms with van der Waals surface area (Å²) in [6.45, 7) is 1.99. The van der Waals surface area contributed by atoms with Crippen molar-refractivity contribution in [1.29, 1.82) is 0 Å². The molecule has 8 heteroatoms. The van der Waals surface area contributed by atoms with Crippen LogP contribution < -0.4 is 10.6 Å². The second kappa shape index (κ2) is 6.90. The van der Waals surface area contributed by atoms with Crippen molar-refractivity contribution in [2.45, 2.75) is 49.3 Å². The first-order chi connectivity index (χ1) is 11.8. The fourth-order valence-electron chi connectivity index (χ4n) is 3.22. The van der Waals surface area contributed by atoms with Gasteiger partial charge in [-0.3, -0.25) is 9.59 Å². The second-order valence-corrected chi connectivity index (χ2v) is 7.61. The number of carbonyl (C=O) groups excluding carboxylic acids is 2. The first kappa shape index (κ1) is 18.1. The molecule has 0 aromatic heterocycles. The third-order valence-corrected chi connectivity index (χ3v) is 5.72. The van der Waals surface area contributed by atoms with Crippen molar-refractivity contribution in [1.82, 2.24) is 10.6 Å². The van der Waals surface area contributed by atoms with Crippen LogP contribution in [0.3, 0.4) is 0 Å². The highest BCUT2D eigenvalue weighted by molar-refractivity contribution is 7.99. The molecule has 2 N–H and O–H groups in total. The summed E-state index contributed by atoms with van der Waals surface area (Å²) in [5.74, 6) is -1.57. The molecule has 2 aliphatic rings. The van der Waals surface area contributed by atoms with Crippen LogP contribution in [-0.2, 0) is 9.59 Å². The monoisotopic (exact) mass is 372 g/mol. The standard InChI is InChI=1S/C17H19F3N2O2S/c1-9-2-3-10-12(6-7-25-13(10)8-9)21-15(23)11-4-5-14(17(18,19)20)22-16(11)24/h2-3,8,11-12,14H,4-7H2,1H3,(H,21,23)(H,22,24). The summed E-state index contributed by atoms with van der Waals surface area (Å²) in [6.07, 6.45) is -4.12. The molecule has 0 bridgehead atoms. The van der Waals surface area contributed by atoms with Gasteiger partial charge in [0.1, 0.15) is 12.0 Å². The van der Waals surface area contributed by atoms with E-state index in [1.807, 2.05) is 24.4 Å². The van der Waals surface area contributed by atoms with Gasteiger partial charge < -0.3 is 10.6 Å². The van der Waals surface area contributed by atoms with Gasteiger partial charge in [-0.25, -0.2) is 0 Å². The summed E-state index contributed by atoms with van der Waals surface area (Å²) in [7, 11) is 0. The van der Waals surface area contributed by atoms with Gasteiger partial charge >= 0.3 is 6.18 Å². The molecule has 1 aromatic carbocycles. The van der Waals surface area contributed by atoms with Crippen LogP contribution in [0.25, 0.3) is 0 Å². The molecule has 0 radical (unpaired) electrons. The minimum Gasteiger partial charge on any atom is -0.349 e. The third kappa shape index (κ3) is 3.94. The highest BCUT2D eigenvalue weighted by atomic mass is 32.2. The molecule has 2 aliphatic heterocycles. The normalized spacial score (nSPS) is 26.6. The Morgan fingerprint density at radius 3 is 2.72 bits per heavy atom. The molecule has 136 valence electrons. The first-order valence-corrected chi connectivity index (χ1v) is 9.15. The fourth-order valence-corrected chi connectivity index (χ4v) is 4.44. The van der Waals surface area contributed by atoms with Gasteiger partial charge in [-0.2, -0.15) is 13.2 Å². The molecule has 0 aliphatic carbocycles. The van der Waals surface area contributed by atoms with Crippen LogP contribution in [0.2, 0.25) is 0 Å². The third-order valence-electron chi connectivity index (χ3n) is 4.61. The maximum atomic E-state index is 12.7. The summed E-state index contributed by atoms with van der Waals surface area (Å²) in [5, 5.41) is 4.78. The van der Waals surface area contributed by atoms with Gasteiger partial charge in [0.2, 0.25) is 11.8 Å². The molecule has 0 saturated carbocycles. The van der Waals surface area contributed by atoms with Crippen molar-refractivity contribution >= 4 is 23.6 Å². The van der Waals surface area contributed by atoms with E-state index in [1.165, 1.54) is 0 Å². The van der Waals surface area contributed by atoms with E-state index in [0.29, 0.717) is 0 Å². The molecule has 1 saturated heterocycles. The number of benzene rings is 1. The number of amides is 2. The number of piperidine rings is 1. The number of halogens is 3. The van der Waals surface area contributed by atoms with E-state index in [4.69, 9.17) is 0 Å². The van der Waals surface area contributed by atoms with E-state index >= 15 is 0 Å². The number of carbonyl (C=O) groups is 2. The Balaban J connectivity index is 1.67. The second-order valence-electron chi connectivity index (χ2n) is 6.47. The molecular weight excluding hydrogens is 353 g/mol. The van der Waals surface area contributed by atoms with Crippen molar-refractivity contribution in [3.63, 3.8) is 0 Å². The van der Waals surface area contributed by atoms with Crippen LogP contribution >= 0.6 is 11.8 Å². The zero-order valence-corrected chi connectivity index (χ0v) is 14.5. The van der Waals surface area contributed by atoms with Gasteiger partial charge in [0, 0.05) is 10.6 Å². The van der Waals surface area contributed by atoms with Crippen molar-refractivity contribution in [2.75, 3.05) is 5.75 Å². The Labute approximate surface area is 147 Å². The number of hydrogen-bond acceptors (Lipinski definition) is 3. The Kier molecular flexibility index (Phi) is 4.99. The van der Waals surface area contributed by atoms with Crippen LogP contribution in [0.15, 0.2) is 23.1 Å². The lowest BCUT2D eigenvalue weighted by Gasteiger charge is -2.32. The largest absolute Gasteiger partial charge is 0.408 e. The van der Waals surface area contributed by atoms with Gasteiger partial charge in [0.25, 0.3) is 0 Å². The lowest BCUT2D eigenvalue weighted by molar-refractivity contribution is -0.171. The van der Waals surface area contributed by atoms with Gasteiger partial charge in [0.15, 0.2) is 0 Å². The Hall–Kier alpha value is -1.70. The van der Waals surface area contributed by atoms with Crippen LogP contribution in [0.1, 0.15) is 36.4 Å². The molecule has 25 heavy (non-hydrogen) atoms. The average Bonchev–Trinajstić information content (AvgIpc) is 2.53. The predicted octanol–water partition coefficient (Wildman–Crippen LogP) is 3.11. The summed E-state index contributed by atoms with van der Waals surface area (Å²) in [4.78, 5) is 25.5. The minimum absolute atomic E-state index is 0.0932. The van der Waals surface area contributed by atoms with Gasteiger partial charge in [-0.1, -0.05) is 12.1 Å². The zero-order valence-electron chi connectivity index (χ0n) is 13.7. The van der Waals surface area contributed by atoms with Crippen LogP contribution in [0, 0.1) is 12.8 Å². The smallest absolute Gasteiger partial charge is 0.349 e. The number of rotatable bonds is 2. The zero-order chi connectivity index (χ0) is 18.2. The Morgan fingerprint density at radius 2 is 2.04 bits per heavy atom. The quantitative estimate of drug-likeness (QED) is 0.785. The van der Waals surface area contributed by atoms with Gasteiger partial charge in [0.05, 0.1) is 6.04 Å². The highest BCUT2D eigenvalue weighted by Crippen LogP contribution is 2.37. The van der Waals surface area contributed by atoms with E-state index in [9.17, 15) is 22.8 Å². The minimum atomic E-state index is -4.48. The van der Waals surface area contributed by atoms with E-state index in [-0.39, 0.29) is 18.9 Å². The first-order valence-electron chi connectivity index (χ1n) is 8.16. The van der Waals surface area contributed by atoms with Crippen molar-refractivity contribution < 1.29 is 22.8 Å². The fraction of sp³-hybridized carbons (Fsp3) is 0.529. The molecule has 3 unspecified atom stereocenters. The number of thioether (sulfide) groups is 1. The number of fused-ring (bicyclic) bond motifs is 1. The topological polar surface area (TPSA) is 58.2 Å². The maximum absolute atomic E-state index is 12.7. The molecule has 3 rings (SSSR count). The van der Waals surface area contributed by atoms with Gasteiger partial charge in [-0.15, -0.1) is 11.8 Å². The van der Waals surface area contributed by atoms with Crippen LogP contribution in [0.5, 0.6) is 0 Å². The molecule has 4 nitrogen and oxygen atoms in total. The lowest BCUT2D eigenvalue weighted by Crippen LogP contribution is -2.54. The number of hydrogen-bond donors (Lipinski definition) is 2. The summed E-state index contributed by atoms with van der Waals surface area (Å²) < 4.78 is 38.1. The van der Waals surface area contributed by atoms with E-state index < -0.39 is 30.0 Å². The molecule has 2 heterocycles. The molecule has 0 spiro atoms. The van der Waals surface area contributed by atoms with Gasteiger partial charge in [-0.05, 0) is 43.4 Å². The number of alkyl halides is 3. The molecule has 1 aromatic rings. The van der Waals surface area contributed by atoms with Crippen molar-refractivity contribution in [2.24, 2.45) is 5.92 Å². The molecule has 1 fully saturated rings. The number of aryl methyl sites for hydroxylation is 1. The SMILES string of the molecule is Cc1ccc2c(c1)SCCC2NC(=O)C1CCC(C(F)(F)F)NC1=O. The summed E-state index contributed by atoms with van der Waals surface area (Å²) in [6, 6.07) is 3.91. The Bertz CT molecular complexity index is 693.